The van der Waals surface area contributed by atoms with E-state index in [-0.39, 0.29) is 6.61 Å². The summed E-state index contributed by atoms with van der Waals surface area (Å²) in [5, 5.41) is 0. The summed E-state index contributed by atoms with van der Waals surface area (Å²) < 4.78 is 9.29. The Morgan fingerprint density at radius 1 is 1.27 bits per heavy atom. The molecule has 1 aromatic carbocycles. The van der Waals surface area contributed by atoms with Crippen molar-refractivity contribution in [2.24, 2.45) is 0 Å². The highest BCUT2D eigenvalue weighted by atomic mass is 16.6. The summed E-state index contributed by atoms with van der Waals surface area (Å²) in [4.78, 5) is 21.7. The first-order valence-corrected chi connectivity index (χ1v) is 4.41. The van der Waals surface area contributed by atoms with Crippen molar-refractivity contribution < 1.29 is 19.1 Å². The summed E-state index contributed by atoms with van der Waals surface area (Å²) in [6.07, 6.45) is 0. The van der Waals surface area contributed by atoms with Crippen molar-refractivity contribution in [2.75, 3.05) is 6.61 Å². The van der Waals surface area contributed by atoms with Crippen LogP contribution in [0.15, 0.2) is 30.3 Å². The molecular weight excluding hydrogens is 196 g/mol. The van der Waals surface area contributed by atoms with E-state index < -0.39 is 11.9 Å². The lowest BCUT2D eigenvalue weighted by Crippen LogP contribution is -2.08. The molecular formula is C11H11O4. The minimum Gasteiger partial charge on any atom is -0.462 e. The van der Waals surface area contributed by atoms with E-state index in [1.165, 1.54) is 6.92 Å². The van der Waals surface area contributed by atoms with Crippen molar-refractivity contribution in [2.45, 2.75) is 6.92 Å². The lowest BCUT2D eigenvalue weighted by atomic mass is 10.2. The van der Waals surface area contributed by atoms with Gasteiger partial charge in [0, 0.05) is 6.92 Å². The predicted octanol–water partition coefficient (Wildman–Crippen LogP) is 1.57. The molecule has 4 heteroatoms. The number of hydrogen-bond acceptors (Lipinski definition) is 4. The van der Waals surface area contributed by atoms with Crippen molar-refractivity contribution in [3.8, 4) is 0 Å². The topological polar surface area (TPSA) is 52.6 Å². The van der Waals surface area contributed by atoms with Crippen LogP contribution in [0.5, 0.6) is 0 Å². The highest BCUT2D eigenvalue weighted by Gasteiger charge is 2.05. The highest BCUT2D eigenvalue weighted by molar-refractivity contribution is 5.89. The number of rotatable bonds is 4. The number of esters is 2. The molecule has 0 aliphatic rings. The van der Waals surface area contributed by atoms with Crippen molar-refractivity contribution in [1.82, 2.24) is 0 Å². The molecule has 0 aromatic heterocycles. The molecule has 0 N–H and O–H groups in total. The number of carbonyl (C=O) groups is 2. The molecule has 0 fully saturated rings. The zero-order chi connectivity index (χ0) is 11.1. The zero-order valence-corrected chi connectivity index (χ0v) is 8.30. The molecule has 0 bridgehead atoms. The second-order valence-electron chi connectivity index (χ2n) is 2.74. The largest absolute Gasteiger partial charge is 0.462 e. The molecule has 0 saturated carbocycles. The smallest absolute Gasteiger partial charge is 0.338 e. The molecule has 0 saturated heterocycles. The van der Waals surface area contributed by atoms with E-state index in [1.807, 2.05) is 0 Å². The van der Waals surface area contributed by atoms with Gasteiger partial charge in [0.1, 0.15) is 6.61 Å². The van der Waals surface area contributed by atoms with Crippen LogP contribution < -0.4 is 0 Å². The lowest BCUT2D eigenvalue weighted by Gasteiger charge is -2.03. The Kier molecular flexibility index (Phi) is 4.34. The van der Waals surface area contributed by atoms with E-state index in [4.69, 9.17) is 4.74 Å². The first-order valence-electron chi connectivity index (χ1n) is 4.41. The van der Waals surface area contributed by atoms with Crippen molar-refractivity contribution >= 4 is 11.9 Å². The van der Waals surface area contributed by atoms with Gasteiger partial charge in [-0.05, 0) is 12.1 Å². The molecule has 0 amide bonds. The second kappa shape index (κ2) is 5.80. The quantitative estimate of drug-likeness (QED) is 0.555. The standard InChI is InChI=1S/C11H11O4/c1-9(12)14-7-8-15-11(13)10-5-3-2-4-6-10/h2-6,8H,7H2,1H3. The van der Waals surface area contributed by atoms with Crippen LogP contribution in [0.25, 0.3) is 0 Å². The minimum atomic E-state index is -0.470. The van der Waals surface area contributed by atoms with Gasteiger partial charge in [0.25, 0.3) is 0 Å². The van der Waals surface area contributed by atoms with Crippen molar-refractivity contribution in [1.29, 1.82) is 0 Å². The number of hydrogen-bond donors (Lipinski definition) is 0. The highest BCUT2D eigenvalue weighted by Crippen LogP contribution is 2.01. The lowest BCUT2D eigenvalue weighted by molar-refractivity contribution is -0.140. The third-order valence-corrected chi connectivity index (χ3v) is 1.55. The maximum atomic E-state index is 11.3. The van der Waals surface area contributed by atoms with Gasteiger partial charge in [0.15, 0.2) is 6.61 Å². The van der Waals surface area contributed by atoms with Crippen LogP contribution in [-0.2, 0) is 14.3 Å². The van der Waals surface area contributed by atoms with Gasteiger partial charge >= 0.3 is 11.9 Å². The molecule has 79 valence electrons. The SMILES string of the molecule is CC(=O)OC[CH]OC(=O)c1ccccc1. The summed E-state index contributed by atoms with van der Waals surface area (Å²) in [5.41, 5.74) is 0.455. The van der Waals surface area contributed by atoms with Gasteiger partial charge in [-0.3, -0.25) is 4.79 Å². The van der Waals surface area contributed by atoms with Crippen LogP contribution in [0.3, 0.4) is 0 Å². The Morgan fingerprint density at radius 3 is 2.53 bits per heavy atom. The predicted molar refractivity (Wildman–Crippen MR) is 52.8 cm³/mol. The average Bonchev–Trinajstić information content (AvgIpc) is 2.25. The number of benzene rings is 1. The van der Waals surface area contributed by atoms with Crippen LogP contribution in [0.1, 0.15) is 17.3 Å². The molecule has 1 rings (SSSR count). The van der Waals surface area contributed by atoms with Gasteiger partial charge < -0.3 is 9.47 Å². The van der Waals surface area contributed by atoms with Crippen LogP contribution in [0, 0.1) is 6.61 Å². The summed E-state index contributed by atoms with van der Waals surface area (Å²) in [6.45, 7) is 2.40. The molecule has 1 radical (unpaired) electrons. The fourth-order valence-corrected chi connectivity index (χ4v) is 0.903. The monoisotopic (exact) mass is 207 g/mol. The van der Waals surface area contributed by atoms with E-state index in [2.05, 4.69) is 4.74 Å². The Labute approximate surface area is 87.8 Å². The van der Waals surface area contributed by atoms with Gasteiger partial charge in [0.05, 0.1) is 5.56 Å². The van der Waals surface area contributed by atoms with E-state index in [0.29, 0.717) is 5.56 Å². The number of carbonyl (C=O) groups excluding carboxylic acids is 2. The molecule has 0 spiro atoms. The normalized spacial score (nSPS) is 9.40. The molecule has 0 aliphatic carbocycles. The fraction of sp³-hybridized carbons (Fsp3) is 0.182. The van der Waals surface area contributed by atoms with Crippen LogP contribution >= 0.6 is 0 Å². The molecule has 0 unspecified atom stereocenters. The zero-order valence-electron chi connectivity index (χ0n) is 8.30. The Balaban J connectivity index is 2.28. The maximum Gasteiger partial charge on any atom is 0.338 e. The minimum absolute atomic E-state index is 0.0338. The van der Waals surface area contributed by atoms with Crippen molar-refractivity contribution in [3.05, 3.63) is 42.5 Å². The van der Waals surface area contributed by atoms with Crippen LogP contribution in [-0.4, -0.2) is 18.5 Å². The molecule has 1 aromatic rings. The van der Waals surface area contributed by atoms with E-state index >= 15 is 0 Å². The molecule has 0 aliphatic heterocycles. The first kappa shape index (κ1) is 11.2. The third kappa shape index (κ3) is 4.26. The average molecular weight is 207 g/mol. The van der Waals surface area contributed by atoms with E-state index in [0.717, 1.165) is 6.61 Å². The fourth-order valence-electron chi connectivity index (χ4n) is 0.903. The van der Waals surface area contributed by atoms with Gasteiger partial charge in [0.2, 0.25) is 0 Å². The van der Waals surface area contributed by atoms with E-state index in [1.54, 1.807) is 30.3 Å². The number of ether oxygens (including phenoxy) is 2. The van der Waals surface area contributed by atoms with E-state index in [9.17, 15) is 9.59 Å². The Hall–Kier alpha value is -1.84. The third-order valence-electron chi connectivity index (χ3n) is 1.55. The van der Waals surface area contributed by atoms with Gasteiger partial charge in [-0.1, -0.05) is 18.2 Å². The van der Waals surface area contributed by atoms with Gasteiger partial charge in [-0.2, -0.15) is 0 Å². The Bertz CT molecular complexity index is 332. The van der Waals surface area contributed by atoms with Crippen molar-refractivity contribution in [3.63, 3.8) is 0 Å². The summed E-state index contributed by atoms with van der Waals surface area (Å²) in [7, 11) is 0. The molecule has 15 heavy (non-hydrogen) atoms. The molecule has 0 atom stereocenters. The maximum absolute atomic E-state index is 11.3. The molecule has 0 heterocycles. The summed E-state index contributed by atoms with van der Waals surface area (Å²) >= 11 is 0. The van der Waals surface area contributed by atoms with Gasteiger partial charge in [-0.15, -0.1) is 0 Å². The summed E-state index contributed by atoms with van der Waals surface area (Å²) in [6, 6.07) is 8.56. The van der Waals surface area contributed by atoms with Gasteiger partial charge in [-0.25, -0.2) is 4.79 Å². The second-order valence-corrected chi connectivity index (χ2v) is 2.74. The molecule has 4 nitrogen and oxygen atoms in total. The van der Waals surface area contributed by atoms with Crippen LogP contribution in [0.2, 0.25) is 0 Å². The first-order chi connectivity index (χ1) is 7.20. The Morgan fingerprint density at radius 2 is 1.93 bits per heavy atom. The summed E-state index contributed by atoms with van der Waals surface area (Å²) in [5.74, 6) is -0.884. The van der Waals surface area contributed by atoms with Crippen LogP contribution in [0.4, 0.5) is 0 Å².